The average molecular weight is 483 g/mol. The summed E-state index contributed by atoms with van der Waals surface area (Å²) in [5.41, 5.74) is 1.03. The van der Waals surface area contributed by atoms with Crippen LogP contribution in [-0.4, -0.2) is 45.3 Å². The highest BCUT2D eigenvalue weighted by Crippen LogP contribution is 2.47. The molecule has 0 aliphatic carbocycles. The fourth-order valence-corrected chi connectivity index (χ4v) is 50.6. The minimum Gasteiger partial charge on any atom is -0.419 e. The lowest BCUT2D eigenvalue weighted by Crippen LogP contribution is -2.88. The molecule has 29 heavy (non-hydrogen) atoms. The van der Waals surface area contributed by atoms with Crippen LogP contribution < -0.4 is 5.19 Å². The minimum absolute atomic E-state index is 0.247. The van der Waals surface area contributed by atoms with Crippen LogP contribution in [0.4, 0.5) is 0 Å². The van der Waals surface area contributed by atoms with Gasteiger partial charge in [-0.15, -0.1) is 0 Å². The van der Waals surface area contributed by atoms with Gasteiger partial charge in [-0.3, -0.25) is 0 Å². The summed E-state index contributed by atoms with van der Waals surface area (Å²) in [5, 5.41) is 1.51. The van der Waals surface area contributed by atoms with Crippen molar-refractivity contribution in [1.82, 2.24) is 0 Å². The third-order valence-corrected chi connectivity index (χ3v) is 45.4. The summed E-state index contributed by atoms with van der Waals surface area (Å²) in [5.74, 6) is 0. The molecule has 1 aromatic rings. The Kier molecular flexibility index (Phi) is 6.78. The first kappa shape index (κ1) is 25.2. The Morgan fingerprint density at radius 2 is 1.45 bits per heavy atom. The van der Waals surface area contributed by atoms with Crippen LogP contribution in [0.3, 0.4) is 0 Å². The monoisotopic (exact) mass is 482 g/mol. The van der Waals surface area contributed by atoms with Gasteiger partial charge in [0.1, 0.15) is 7.11 Å². The van der Waals surface area contributed by atoms with E-state index in [0.717, 1.165) is 6.04 Å². The average Bonchev–Trinajstić information content (AvgIpc) is 2.48. The van der Waals surface area contributed by atoms with Crippen molar-refractivity contribution in [3.63, 3.8) is 0 Å². The second-order valence-corrected chi connectivity index (χ2v) is 44.1. The molecule has 0 bridgehead atoms. The van der Waals surface area contributed by atoms with Gasteiger partial charge in [0.2, 0.25) is 0 Å². The maximum Gasteiger partial charge on any atom is 0.447 e. The zero-order valence-electron chi connectivity index (χ0n) is 20.5. The molecule has 1 atom stereocenters. The lowest BCUT2D eigenvalue weighted by molar-refractivity contribution is 0.0572. The SMILES string of the molecule is C=Cc1ccccc1[Si]1(C)CC(C)(C)O[Si](O[Si](C)(C)C)(O[Si](C)(C)C)[Si]1(C)C. The normalized spacial score (nSPS) is 26.2. The summed E-state index contributed by atoms with van der Waals surface area (Å²) in [6.07, 6.45) is 2.03. The van der Waals surface area contributed by atoms with Crippen molar-refractivity contribution >= 4 is 50.9 Å². The topological polar surface area (TPSA) is 27.7 Å². The highest BCUT2D eigenvalue weighted by atomic mass is 29.7. The Bertz CT molecular complexity index is 743. The lowest BCUT2D eigenvalue weighted by Gasteiger charge is -2.60. The smallest absolute Gasteiger partial charge is 0.419 e. The summed E-state index contributed by atoms with van der Waals surface area (Å²) in [7, 11) is -10.7. The van der Waals surface area contributed by atoms with Crippen molar-refractivity contribution in [2.24, 2.45) is 0 Å². The summed E-state index contributed by atoms with van der Waals surface area (Å²) < 4.78 is 21.3. The van der Waals surface area contributed by atoms with E-state index in [1.807, 2.05) is 6.08 Å². The van der Waals surface area contributed by atoms with Crippen LogP contribution in [0, 0.1) is 0 Å². The predicted octanol–water partition coefficient (Wildman–Crippen LogP) is 5.93. The van der Waals surface area contributed by atoms with Crippen molar-refractivity contribution in [2.75, 3.05) is 0 Å². The molecule has 1 aromatic carbocycles. The molecule has 0 saturated carbocycles. The van der Waals surface area contributed by atoms with Crippen LogP contribution in [0.5, 0.6) is 0 Å². The molecule has 1 saturated heterocycles. The van der Waals surface area contributed by atoms with Crippen molar-refractivity contribution < 1.29 is 12.7 Å². The summed E-state index contributed by atoms with van der Waals surface area (Å²) in [6.45, 7) is 29.9. The first-order valence-corrected chi connectivity index (χ1v) is 27.0. The standard InChI is InChI=1S/C21H42O3Si5/c1-13-19-16-14-15-17-20(19)28(12)18-21(2,3)22-29(27(28,10)11,23-25(4,5)6)24-26(7,8)9/h13-17H,1,18H2,2-12H3. The molecular formula is C21H42O3Si5. The van der Waals surface area contributed by atoms with E-state index in [2.05, 4.69) is 104 Å². The van der Waals surface area contributed by atoms with Gasteiger partial charge in [0.25, 0.3) is 0 Å². The number of hydrogen-bond donors (Lipinski definition) is 0. The lowest BCUT2D eigenvalue weighted by atomic mass is 10.2. The van der Waals surface area contributed by atoms with Gasteiger partial charge in [0.15, 0.2) is 16.6 Å². The van der Waals surface area contributed by atoms with Crippen LogP contribution in [0.25, 0.3) is 6.08 Å². The molecule has 1 unspecified atom stereocenters. The van der Waals surface area contributed by atoms with Gasteiger partial charge in [-0.05, 0) is 64.7 Å². The van der Waals surface area contributed by atoms with Gasteiger partial charge in [-0.1, -0.05) is 61.7 Å². The first-order valence-electron chi connectivity index (χ1n) is 10.7. The Hall–Kier alpha value is -0.0756. The largest absolute Gasteiger partial charge is 0.447 e. The Balaban J connectivity index is 2.82. The Morgan fingerprint density at radius 3 is 1.90 bits per heavy atom. The molecule has 1 heterocycles. The zero-order chi connectivity index (χ0) is 22.5. The Morgan fingerprint density at radius 1 is 0.966 bits per heavy atom. The first-order chi connectivity index (χ1) is 12.9. The van der Waals surface area contributed by atoms with E-state index in [1.165, 1.54) is 10.8 Å². The number of benzene rings is 1. The molecule has 0 N–H and O–H groups in total. The second kappa shape index (κ2) is 7.81. The molecule has 8 heteroatoms. The van der Waals surface area contributed by atoms with Gasteiger partial charge in [0.05, 0.1) is 13.2 Å². The van der Waals surface area contributed by atoms with Crippen molar-refractivity contribution in [1.29, 1.82) is 0 Å². The molecule has 1 aliphatic heterocycles. The van der Waals surface area contributed by atoms with Crippen LogP contribution >= 0.6 is 0 Å². The van der Waals surface area contributed by atoms with E-state index >= 15 is 0 Å². The van der Waals surface area contributed by atoms with E-state index in [1.54, 1.807) is 0 Å². The fourth-order valence-electron chi connectivity index (χ4n) is 4.67. The van der Waals surface area contributed by atoms with E-state index in [4.69, 9.17) is 12.7 Å². The molecule has 2 rings (SSSR count). The molecule has 0 amide bonds. The number of rotatable bonds is 6. The van der Waals surface area contributed by atoms with E-state index in [9.17, 15) is 0 Å². The molecule has 0 radical (unpaired) electrons. The van der Waals surface area contributed by atoms with E-state index in [-0.39, 0.29) is 5.60 Å². The highest BCUT2D eigenvalue weighted by Gasteiger charge is 2.73. The van der Waals surface area contributed by atoms with Crippen LogP contribution in [0.15, 0.2) is 30.8 Å². The Labute approximate surface area is 184 Å². The summed E-state index contributed by atoms with van der Waals surface area (Å²) in [6, 6.07) is 9.98. The molecule has 1 fully saturated rings. The van der Waals surface area contributed by atoms with Crippen LogP contribution in [0.1, 0.15) is 19.4 Å². The zero-order valence-corrected chi connectivity index (χ0v) is 25.5. The van der Waals surface area contributed by atoms with E-state index in [0.29, 0.717) is 0 Å². The molecule has 0 spiro atoms. The van der Waals surface area contributed by atoms with Gasteiger partial charge < -0.3 is 12.7 Å². The van der Waals surface area contributed by atoms with Crippen molar-refractivity contribution in [2.45, 2.75) is 84.4 Å². The van der Waals surface area contributed by atoms with Crippen molar-refractivity contribution in [3.05, 3.63) is 36.4 Å². The van der Waals surface area contributed by atoms with E-state index < -0.39 is 39.7 Å². The van der Waals surface area contributed by atoms with Gasteiger partial charge in [-0.2, -0.15) is 0 Å². The highest BCUT2D eigenvalue weighted by molar-refractivity contribution is 7.69. The minimum atomic E-state index is -2.88. The number of hydrogen-bond acceptors (Lipinski definition) is 3. The molecule has 164 valence electrons. The summed E-state index contributed by atoms with van der Waals surface area (Å²) >= 11 is 0. The van der Waals surface area contributed by atoms with Crippen LogP contribution in [0.2, 0.25) is 65.0 Å². The third kappa shape index (κ3) is 5.06. The van der Waals surface area contributed by atoms with Gasteiger partial charge >= 0.3 is 8.32 Å². The second-order valence-electron chi connectivity index (χ2n) is 11.8. The van der Waals surface area contributed by atoms with Gasteiger partial charge in [-0.25, -0.2) is 0 Å². The third-order valence-electron chi connectivity index (χ3n) is 5.99. The molecule has 1 aliphatic rings. The van der Waals surface area contributed by atoms with Crippen molar-refractivity contribution in [3.8, 4) is 0 Å². The molecule has 0 aromatic heterocycles. The predicted molar refractivity (Wildman–Crippen MR) is 140 cm³/mol. The molecule has 3 nitrogen and oxygen atoms in total. The maximum absolute atomic E-state index is 7.12. The quantitative estimate of drug-likeness (QED) is 0.470. The fraction of sp³-hybridized carbons (Fsp3) is 0.619. The maximum atomic E-state index is 7.12. The summed E-state index contributed by atoms with van der Waals surface area (Å²) in [4.78, 5) is 0. The van der Waals surface area contributed by atoms with Gasteiger partial charge in [0, 0.05) is 0 Å². The van der Waals surface area contributed by atoms with Crippen LogP contribution in [-0.2, 0) is 12.7 Å². The molecular weight excluding hydrogens is 441 g/mol.